The van der Waals surface area contributed by atoms with E-state index in [0.29, 0.717) is 0 Å². The minimum Gasteiger partial charge on any atom is -0.0844 e. The normalized spacial score (nSPS) is 23.3. The van der Waals surface area contributed by atoms with E-state index < -0.39 is 0 Å². The summed E-state index contributed by atoms with van der Waals surface area (Å²) in [5.74, 6) is 0. The molecule has 0 saturated heterocycles. The maximum Gasteiger partial charge on any atom is -0.0102 e. The molecule has 0 N–H and O–H groups in total. The molecule has 0 aromatic rings. The van der Waals surface area contributed by atoms with E-state index in [-0.39, 0.29) is 0 Å². The molecule has 0 spiro atoms. The van der Waals surface area contributed by atoms with Crippen molar-refractivity contribution < 1.29 is 0 Å². The first-order valence-corrected chi connectivity index (χ1v) is 4.46. The largest absolute Gasteiger partial charge is 0.0844 e. The number of hydrogen-bond acceptors (Lipinski definition) is 0. The Hall–Kier alpha value is -0.780. The molecule has 0 atom stereocenters. The molecule has 0 aromatic heterocycles. The zero-order valence-electron chi connectivity index (χ0n) is 6.84. The van der Waals surface area contributed by atoms with Crippen molar-refractivity contribution >= 4 is 0 Å². The highest BCUT2D eigenvalue weighted by Crippen LogP contribution is 2.26. The third kappa shape index (κ3) is 1.62. The van der Waals surface area contributed by atoms with Crippen LogP contribution in [0.1, 0.15) is 32.1 Å². The fourth-order valence-electron chi connectivity index (χ4n) is 1.79. The Morgan fingerprint density at radius 3 is 1.91 bits per heavy atom. The smallest absolute Gasteiger partial charge is 0.0102 e. The molecule has 0 heteroatoms. The Morgan fingerprint density at radius 2 is 1.36 bits per heavy atom. The average molecular weight is 146 g/mol. The van der Waals surface area contributed by atoms with Crippen molar-refractivity contribution in [3.05, 3.63) is 35.5 Å². The van der Waals surface area contributed by atoms with Gasteiger partial charge in [-0.3, -0.25) is 0 Å². The molecule has 0 saturated carbocycles. The van der Waals surface area contributed by atoms with Gasteiger partial charge < -0.3 is 0 Å². The maximum absolute atomic E-state index is 2.42. The topological polar surface area (TPSA) is 0 Å². The van der Waals surface area contributed by atoms with Crippen molar-refractivity contribution in [1.29, 1.82) is 0 Å². The summed E-state index contributed by atoms with van der Waals surface area (Å²) in [6.07, 6.45) is 15.6. The highest BCUT2D eigenvalue weighted by molar-refractivity contribution is 5.25. The van der Waals surface area contributed by atoms with Crippen LogP contribution in [0.4, 0.5) is 0 Å². The van der Waals surface area contributed by atoms with Crippen LogP contribution in [0.25, 0.3) is 0 Å². The van der Waals surface area contributed by atoms with Crippen molar-refractivity contribution in [3.8, 4) is 0 Å². The van der Waals surface area contributed by atoms with Gasteiger partial charge in [-0.15, -0.1) is 0 Å². The summed E-state index contributed by atoms with van der Waals surface area (Å²) in [4.78, 5) is 0. The zero-order valence-corrected chi connectivity index (χ0v) is 6.84. The first-order valence-electron chi connectivity index (χ1n) is 4.46. The van der Waals surface area contributed by atoms with Crippen LogP contribution in [0.15, 0.2) is 35.5 Å². The van der Waals surface area contributed by atoms with E-state index in [0.717, 1.165) is 0 Å². The molecular weight excluding hydrogens is 132 g/mol. The molecule has 58 valence electrons. The summed E-state index contributed by atoms with van der Waals surface area (Å²) in [6, 6.07) is 0. The summed E-state index contributed by atoms with van der Waals surface area (Å²) in [5, 5.41) is 0. The van der Waals surface area contributed by atoms with Gasteiger partial charge in [-0.25, -0.2) is 0 Å². The van der Waals surface area contributed by atoms with Gasteiger partial charge in [0.2, 0.25) is 0 Å². The van der Waals surface area contributed by atoms with Crippen LogP contribution in [0.5, 0.6) is 0 Å². The van der Waals surface area contributed by atoms with Crippen LogP contribution < -0.4 is 0 Å². The van der Waals surface area contributed by atoms with Crippen molar-refractivity contribution in [3.63, 3.8) is 0 Å². The molecule has 2 rings (SSSR count). The number of rotatable bonds is 0. The lowest BCUT2D eigenvalue weighted by Crippen LogP contribution is -1.81. The summed E-state index contributed by atoms with van der Waals surface area (Å²) < 4.78 is 0. The summed E-state index contributed by atoms with van der Waals surface area (Å²) >= 11 is 0. The highest BCUT2D eigenvalue weighted by atomic mass is 14.1. The molecule has 0 aromatic carbocycles. The molecule has 2 bridgehead atoms. The SMILES string of the molecule is C1=CCC2=CCCC=C(C1)C2. The summed E-state index contributed by atoms with van der Waals surface area (Å²) in [6.45, 7) is 0. The van der Waals surface area contributed by atoms with Gasteiger partial charge in [-0.2, -0.15) is 0 Å². The van der Waals surface area contributed by atoms with E-state index in [1.54, 1.807) is 11.1 Å². The molecule has 0 aliphatic heterocycles. The lowest BCUT2D eigenvalue weighted by molar-refractivity contribution is 1.03. The summed E-state index contributed by atoms with van der Waals surface area (Å²) in [5.41, 5.74) is 3.25. The first-order chi connectivity index (χ1) is 5.45. The molecule has 0 heterocycles. The van der Waals surface area contributed by atoms with Crippen molar-refractivity contribution in [2.24, 2.45) is 0 Å². The van der Waals surface area contributed by atoms with Crippen LogP contribution in [0.2, 0.25) is 0 Å². The Labute approximate surface area is 68.3 Å². The lowest BCUT2D eigenvalue weighted by atomic mass is 10.1. The molecule has 2 aliphatic rings. The second-order valence-electron chi connectivity index (χ2n) is 3.36. The van der Waals surface area contributed by atoms with Crippen LogP contribution in [-0.4, -0.2) is 0 Å². The van der Waals surface area contributed by atoms with Crippen LogP contribution >= 0.6 is 0 Å². The molecule has 2 aliphatic carbocycles. The second-order valence-corrected chi connectivity index (χ2v) is 3.36. The minimum atomic E-state index is 1.19. The number of hydrogen-bond donors (Lipinski definition) is 0. The van der Waals surface area contributed by atoms with Crippen molar-refractivity contribution in [2.75, 3.05) is 0 Å². The van der Waals surface area contributed by atoms with Gasteiger partial charge in [-0.1, -0.05) is 35.5 Å². The Morgan fingerprint density at radius 1 is 0.818 bits per heavy atom. The third-order valence-electron chi connectivity index (χ3n) is 2.41. The summed E-state index contributed by atoms with van der Waals surface area (Å²) in [7, 11) is 0. The standard InChI is InChI=1S/C11H14/c1-2-6-11-8-4-3-7-10(5-1)9-11/h1-2,7-8H,3-6,9H2. The quantitative estimate of drug-likeness (QED) is 0.460. The van der Waals surface area contributed by atoms with Crippen molar-refractivity contribution in [2.45, 2.75) is 32.1 Å². The van der Waals surface area contributed by atoms with E-state index in [9.17, 15) is 0 Å². The van der Waals surface area contributed by atoms with Gasteiger partial charge in [0, 0.05) is 0 Å². The second kappa shape index (κ2) is 3.08. The Kier molecular flexibility index (Phi) is 1.93. The molecule has 0 nitrogen and oxygen atoms in total. The van der Waals surface area contributed by atoms with E-state index in [1.165, 1.54) is 32.1 Å². The van der Waals surface area contributed by atoms with E-state index in [2.05, 4.69) is 24.3 Å². The van der Waals surface area contributed by atoms with Gasteiger partial charge in [0.05, 0.1) is 0 Å². The number of fused-ring (bicyclic) bond motifs is 2. The van der Waals surface area contributed by atoms with Crippen LogP contribution in [0.3, 0.4) is 0 Å². The fraction of sp³-hybridized carbons (Fsp3) is 0.455. The lowest BCUT2D eigenvalue weighted by Gasteiger charge is -2.00. The van der Waals surface area contributed by atoms with Gasteiger partial charge in [0.1, 0.15) is 0 Å². The highest BCUT2D eigenvalue weighted by Gasteiger charge is 2.06. The Bertz CT molecular complexity index is 204. The molecular formula is C11H14. The van der Waals surface area contributed by atoms with Gasteiger partial charge in [0.15, 0.2) is 0 Å². The van der Waals surface area contributed by atoms with E-state index in [1.807, 2.05) is 0 Å². The average Bonchev–Trinajstić information content (AvgIpc) is 2.36. The predicted molar refractivity (Wildman–Crippen MR) is 48.4 cm³/mol. The van der Waals surface area contributed by atoms with E-state index >= 15 is 0 Å². The van der Waals surface area contributed by atoms with Gasteiger partial charge in [0.25, 0.3) is 0 Å². The van der Waals surface area contributed by atoms with E-state index in [4.69, 9.17) is 0 Å². The minimum absolute atomic E-state index is 1.19. The maximum atomic E-state index is 2.42. The molecule has 0 amide bonds. The van der Waals surface area contributed by atoms with Crippen LogP contribution in [0, 0.1) is 0 Å². The number of allylic oxidation sites excluding steroid dienone is 6. The Balaban J connectivity index is 2.26. The van der Waals surface area contributed by atoms with Crippen LogP contribution in [-0.2, 0) is 0 Å². The monoisotopic (exact) mass is 146 g/mol. The zero-order chi connectivity index (χ0) is 7.52. The molecule has 0 unspecified atom stereocenters. The van der Waals surface area contributed by atoms with Gasteiger partial charge in [-0.05, 0) is 32.1 Å². The first kappa shape index (κ1) is 6.90. The predicted octanol–water partition coefficient (Wildman–Crippen LogP) is 3.37. The molecule has 0 radical (unpaired) electrons. The van der Waals surface area contributed by atoms with Crippen molar-refractivity contribution in [1.82, 2.24) is 0 Å². The van der Waals surface area contributed by atoms with Gasteiger partial charge >= 0.3 is 0 Å². The fourth-order valence-corrected chi connectivity index (χ4v) is 1.79. The third-order valence-corrected chi connectivity index (χ3v) is 2.41. The molecule has 0 fully saturated rings. The molecule has 11 heavy (non-hydrogen) atoms.